The van der Waals surface area contributed by atoms with Crippen LogP contribution in [0.15, 0.2) is 60.8 Å². The predicted molar refractivity (Wildman–Crippen MR) is 85.7 cm³/mol. The Balaban J connectivity index is 0.000000211. The van der Waals surface area contributed by atoms with Crippen LogP contribution in [0, 0.1) is 0 Å². The van der Waals surface area contributed by atoms with E-state index in [4.69, 9.17) is 15.9 Å². The van der Waals surface area contributed by atoms with Crippen molar-refractivity contribution in [3.05, 3.63) is 66.4 Å². The Kier molecular flexibility index (Phi) is 5.16. The molecule has 1 aromatic heterocycles. The second-order valence-electron chi connectivity index (χ2n) is 4.84. The van der Waals surface area contributed by atoms with Gasteiger partial charge in [0, 0.05) is 23.5 Å². The molecule has 5 heteroatoms. The number of fused-ring (bicyclic) bond motifs is 1. The van der Waals surface area contributed by atoms with Gasteiger partial charge in [-0.2, -0.15) is 0 Å². The zero-order valence-corrected chi connectivity index (χ0v) is 11.9. The monoisotopic (exact) mass is 298 g/mol. The lowest BCUT2D eigenvalue weighted by atomic mass is 10.1. The summed E-state index contributed by atoms with van der Waals surface area (Å²) in [6, 6.07) is 15.6. The summed E-state index contributed by atoms with van der Waals surface area (Å²) < 4.78 is 0. The minimum Gasteiger partial charge on any atom is -0.508 e. The molecule has 0 saturated heterocycles. The van der Waals surface area contributed by atoms with Crippen LogP contribution in [0.5, 0.6) is 5.75 Å². The molecule has 5 N–H and O–H groups in total. The van der Waals surface area contributed by atoms with Crippen molar-refractivity contribution in [1.82, 2.24) is 4.98 Å². The van der Waals surface area contributed by atoms with Gasteiger partial charge in [0.25, 0.3) is 0 Å². The summed E-state index contributed by atoms with van der Waals surface area (Å²) in [6.07, 6.45) is 2.16. The lowest BCUT2D eigenvalue weighted by Crippen LogP contribution is -2.32. The van der Waals surface area contributed by atoms with E-state index in [0.717, 1.165) is 16.5 Å². The summed E-state index contributed by atoms with van der Waals surface area (Å²) >= 11 is 0. The highest BCUT2D eigenvalue weighted by Crippen LogP contribution is 2.18. The number of nitrogens with two attached hydrogens (primary N) is 1. The first-order valence-corrected chi connectivity index (χ1v) is 6.85. The van der Waals surface area contributed by atoms with E-state index in [1.54, 1.807) is 24.3 Å². The highest BCUT2D eigenvalue weighted by Gasteiger charge is 2.14. The van der Waals surface area contributed by atoms with Crippen molar-refractivity contribution in [2.45, 2.75) is 12.5 Å². The number of rotatable bonds is 3. The fourth-order valence-electron chi connectivity index (χ4n) is 2.05. The summed E-state index contributed by atoms with van der Waals surface area (Å²) in [7, 11) is 0. The van der Waals surface area contributed by atoms with Crippen molar-refractivity contribution >= 4 is 16.9 Å². The lowest BCUT2D eigenvalue weighted by molar-refractivity contribution is -0.138. The first kappa shape index (κ1) is 15.6. The smallest absolute Gasteiger partial charge is 0.320 e. The number of aromatic amines is 1. The van der Waals surface area contributed by atoms with Crippen LogP contribution in [0.2, 0.25) is 0 Å². The number of aliphatic carboxylic acids is 1. The van der Waals surface area contributed by atoms with Crippen LogP contribution in [0.25, 0.3) is 10.9 Å². The molecular formula is C17H18N2O3. The zero-order valence-electron chi connectivity index (χ0n) is 11.9. The number of H-pyrrole nitrogens is 1. The zero-order chi connectivity index (χ0) is 15.9. The molecule has 1 heterocycles. The van der Waals surface area contributed by atoms with E-state index >= 15 is 0 Å². The highest BCUT2D eigenvalue weighted by molar-refractivity contribution is 5.84. The van der Waals surface area contributed by atoms with Gasteiger partial charge in [0.1, 0.15) is 11.8 Å². The molecule has 5 nitrogen and oxygen atoms in total. The SMILES string of the molecule is NC(Cc1c[nH]c2ccccc12)C(=O)O.Oc1ccccc1. The number of para-hydroxylation sites is 2. The molecule has 114 valence electrons. The quantitative estimate of drug-likeness (QED) is 0.597. The number of hydrogen-bond acceptors (Lipinski definition) is 3. The van der Waals surface area contributed by atoms with Gasteiger partial charge >= 0.3 is 5.97 Å². The Morgan fingerprint density at radius 3 is 2.32 bits per heavy atom. The molecular weight excluding hydrogens is 280 g/mol. The first-order chi connectivity index (χ1) is 10.6. The molecule has 3 rings (SSSR count). The van der Waals surface area contributed by atoms with Gasteiger partial charge in [-0.1, -0.05) is 36.4 Å². The van der Waals surface area contributed by atoms with Crippen LogP contribution in [-0.4, -0.2) is 27.2 Å². The number of nitrogens with one attached hydrogen (secondary N) is 1. The molecule has 0 aliphatic carbocycles. The lowest BCUT2D eigenvalue weighted by Gasteiger charge is -2.04. The molecule has 2 aromatic carbocycles. The van der Waals surface area contributed by atoms with Gasteiger partial charge in [0.2, 0.25) is 0 Å². The molecule has 0 spiro atoms. The minimum absolute atomic E-state index is 0.322. The molecule has 1 unspecified atom stereocenters. The number of aromatic hydroxyl groups is 1. The van der Waals surface area contributed by atoms with E-state index in [1.165, 1.54) is 0 Å². The summed E-state index contributed by atoms with van der Waals surface area (Å²) in [5.41, 5.74) is 7.43. The van der Waals surface area contributed by atoms with Crippen molar-refractivity contribution in [1.29, 1.82) is 0 Å². The van der Waals surface area contributed by atoms with Crippen LogP contribution in [0.3, 0.4) is 0 Å². The van der Waals surface area contributed by atoms with Gasteiger partial charge in [-0.25, -0.2) is 0 Å². The number of carboxylic acids is 1. The van der Waals surface area contributed by atoms with Crippen molar-refractivity contribution in [3.63, 3.8) is 0 Å². The Morgan fingerprint density at radius 2 is 1.73 bits per heavy atom. The van der Waals surface area contributed by atoms with Crippen molar-refractivity contribution in [3.8, 4) is 5.75 Å². The Hall–Kier alpha value is -2.79. The van der Waals surface area contributed by atoms with Crippen molar-refractivity contribution in [2.75, 3.05) is 0 Å². The standard InChI is InChI=1S/C11H12N2O2.C6H6O/c12-9(11(14)15)5-7-6-13-10-4-2-1-3-8(7)10;7-6-4-2-1-3-5-6/h1-4,6,9,13H,5,12H2,(H,14,15);1-5,7H. The third-order valence-corrected chi connectivity index (χ3v) is 3.19. The Labute approximate surface area is 128 Å². The molecule has 0 aliphatic rings. The molecule has 3 aromatic rings. The van der Waals surface area contributed by atoms with Crippen molar-refractivity contribution < 1.29 is 15.0 Å². The first-order valence-electron chi connectivity index (χ1n) is 6.85. The van der Waals surface area contributed by atoms with E-state index < -0.39 is 12.0 Å². The van der Waals surface area contributed by atoms with E-state index in [2.05, 4.69) is 4.98 Å². The van der Waals surface area contributed by atoms with Gasteiger partial charge < -0.3 is 20.9 Å². The third-order valence-electron chi connectivity index (χ3n) is 3.19. The molecule has 22 heavy (non-hydrogen) atoms. The fraction of sp³-hybridized carbons (Fsp3) is 0.118. The number of phenolic OH excluding ortho intramolecular Hbond substituents is 1. The van der Waals surface area contributed by atoms with E-state index in [9.17, 15) is 4.79 Å². The van der Waals surface area contributed by atoms with Crippen LogP contribution < -0.4 is 5.73 Å². The van der Waals surface area contributed by atoms with E-state index in [-0.39, 0.29) is 0 Å². The highest BCUT2D eigenvalue weighted by atomic mass is 16.4. The molecule has 1 atom stereocenters. The summed E-state index contributed by atoms with van der Waals surface area (Å²) in [5, 5.41) is 18.4. The predicted octanol–water partition coefficient (Wildman–Crippen LogP) is 2.51. The maximum Gasteiger partial charge on any atom is 0.320 e. The number of phenols is 1. The van der Waals surface area contributed by atoms with Crippen LogP contribution in [0.4, 0.5) is 0 Å². The van der Waals surface area contributed by atoms with Gasteiger partial charge in [-0.3, -0.25) is 4.79 Å². The van der Waals surface area contributed by atoms with Crippen LogP contribution in [0.1, 0.15) is 5.56 Å². The van der Waals surface area contributed by atoms with Gasteiger partial charge in [0.05, 0.1) is 0 Å². The van der Waals surface area contributed by atoms with E-state index in [0.29, 0.717) is 12.2 Å². The Morgan fingerprint density at radius 1 is 1.09 bits per heavy atom. The second-order valence-corrected chi connectivity index (χ2v) is 4.84. The van der Waals surface area contributed by atoms with Gasteiger partial charge in [0.15, 0.2) is 0 Å². The topological polar surface area (TPSA) is 99.3 Å². The number of carbonyl (C=O) groups is 1. The number of hydrogen-bond donors (Lipinski definition) is 4. The second kappa shape index (κ2) is 7.28. The molecule has 0 amide bonds. The third kappa shape index (κ3) is 4.10. The maximum absolute atomic E-state index is 10.6. The summed E-state index contributed by atoms with van der Waals surface area (Å²) in [5.74, 6) is -0.650. The summed E-state index contributed by atoms with van der Waals surface area (Å²) in [4.78, 5) is 13.7. The van der Waals surface area contributed by atoms with Crippen LogP contribution in [-0.2, 0) is 11.2 Å². The average molecular weight is 298 g/mol. The molecule has 0 aliphatic heterocycles. The largest absolute Gasteiger partial charge is 0.508 e. The van der Waals surface area contributed by atoms with E-state index in [1.807, 2.05) is 36.5 Å². The molecule has 0 bridgehead atoms. The fourth-order valence-corrected chi connectivity index (χ4v) is 2.05. The number of carboxylic acid groups (broad SMARTS) is 1. The van der Waals surface area contributed by atoms with Crippen molar-refractivity contribution in [2.24, 2.45) is 5.73 Å². The molecule has 0 saturated carbocycles. The van der Waals surface area contributed by atoms with Crippen LogP contribution >= 0.6 is 0 Å². The van der Waals surface area contributed by atoms with Gasteiger partial charge in [-0.05, 0) is 23.8 Å². The molecule has 0 radical (unpaired) electrons. The normalized spacial score (nSPS) is 11.5. The molecule has 0 fully saturated rings. The van der Waals surface area contributed by atoms with Gasteiger partial charge in [-0.15, -0.1) is 0 Å². The number of benzene rings is 2. The average Bonchev–Trinajstić information content (AvgIpc) is 2.92. The Bertz CT molecular complexity index is 738. The minimum atomic E-state index is -0.972. The maximum atomic E-state index is 10.6. The number of aromatic nitrogens is 1. The summed E-state index contributed by atoms with van der Waals surface area (Å²) in [6.45, 7) is 0.